The summed E-state index contributed by atoms with van der Waals surface area (Å²) in [4.78, 5) is 11.4. The lowest BCUT2D eigenvalue weighted by Crippen LogP contribution is -2.07. The highest BCUT2D eigenvalue weighted by Crippen LogP contribution is 2.22. The molecule has 0 aliphatic carbocycles. The highest BCUT2D eigenvalue weighted by Gasteiger charge is 2.12. The van der Waals surface area contributed by atoms with E-state index >= 15 is 0 Å². The number of aryl methyl sites for hydroxylation is 2. The molecule has 1 aromatic carbocycles. The average Bonchev–Trinajstić information content (AvgIpc) is 2.77. The second-order valence-electron chi connectivity index (χ2n) is 4.45. The SMILES string of the molecule is COC(=O)Cc1ccccc1OCc1c(C)noc1C. The summed E-state index contributed by atoms with van der Waals surface area (Å²) in [6.45, 7) is 4.08. The van der Waals surface area contributed by atoms with Gasteiger partial charge in [0.1, 0.15) is 18.1 Å². The maximum absolute atomic E-state index is 11.4. The first-order chi connectivity index (χ1) is 9.61. The first kappa shape index (κ1) is 14.1. The zero-order valence-electron chi connectivity index (χ0n) is 11.8. The van der Waals surface area contributed by atoms with Crippen LogP contribution in [0.3, 0.4) is 0 Å². The van der Waals surface area contributed by atoms with Gasteiger partial charge in [0.25, 0.3) is 0 Å². The van der Waals surface area contributed by atoms with Crippen LogP contribution in [0.2, 0.25) is 0 Å². The number of hydrogen-bond acceptors (Lipinski definition) is 5. The van der Waals surface area contributed by atoms with Gasteiger partial charge < -0.3 is 14.0 Å². The maximum atomic E-state index is 11.4. The topological polar surface area (TPSA) is 61.6 Å². The summed E-state index contributed by atoms with van der Waals surface area (Å²) in [5, 5.41) is 3.88. The minimum absolute atomic E-state index is 0.189. The van der Waals surface area contributed by atoms with E-state index in [9.17, 15) is 4.79 Å². The summed E-state index contributed by atoms with van der Waals surface area (Å²) < 4.78 is 15.6. The minimum atomic E-state index is -0.293. The molecule has 1 aromatic heterocycles. The van der Waals surface area contributed by atoms with Crippen molar-refractivity contribution in [3.63, 3.8) is 0 Å². The molecule has 0 radical (unpaired) electrons. The Morgan fingerprint density at radius 1 is 1.30 bits per heavy atom. The number of benzene rings is 1. The molecule has 0 amide bonds. The molecule has 0 fully saturated rings. The Kier molecular flexibility index (Phi) is 4.40. The third-order valence-corrected chi connectivity index (χ3v) is 3.09. The van der Waals surface area contributed by atoms with Crippen molar-refractivity contribution in [1.29, 1.82) is 0 Å². The molecule has 0 spiro atoms. The number of rotatable bonds is 5. The minimum Gasteiger partial charge on any atom is -0.488 e. The largest absolute Gasteiger partial charge is 0.488 e. The van der Waals surface area contributed by atoms with Crippen LogP contribution in [-0.2, 0) is 22.6 Å². The number of ether oxygens (including phenoxy) is 2. The first-order valence-electron chi connectivity index (χ1n) is 6.31. The Balaban J connectivity index is 2.11. The van der Waals surface area contributed by atoms with Gasteiger partial charge in [-0.1, -0.05) is 23.4 Å². The lowest BCUT2D eigenvalue weighted by molar-refractivity contribution is -0.139. The van der Waals surface area contributed by atoms with Crippen molar-refractivity contribution in [2.75, 3.05) is 7.11 Å². The van der Waals surface area contributed by atoms with Crippen molar-refractivity contribution in [1.82, 2.24) is 5.16 Å². The van der Waals surface area contributed by atoms with Gasteiger partial charge in [-0.3, -0.25) is 4.79 Å². The van der Waals surface area contributed by atoms with Crippen LogP contribution in [0, 0.1) is 13.8 Å². The lowest BCUT2D eigenvalue weighted by Gasteiger charge is -2.10. The molecule has 0 bridgehead atoms. The predicted octanol–water partition coefficient (Wildman–Crippen LogP) is 2.59. The molecule has 1 heterocycles. The van der Waals surface area contributed by atoms with Crippen molar-refractivity contribution in [3.05, 3.63) is 46.8 Å². The first-order valence-corrected chi connectivity index (χ1v) is 6.31. The quantitative estimate of drug-likeness (QED) is 0.785. The van der Waals surface area contributed by atoms with Crippen LogP contribution in [0.1, 0.15) is 22.6 Å². The zero-order valence-corrected chi connectivity index (χ0v) is 11.8. The van der Waals surface area contributed by atoms with Crippen LogP contribution in [0.25, 0.3) is 0 Å². The van der Waals surface area contributed by atoms with Gasteiger partial charge in [0.2, 0.25) is 0 Å². The van der Waals surface area contributed by atoms with Crippen LogP contribution in [-0.4, -0.2) is 18.2 Å². The number of methoxy groups -OCH3 is 1. The number of aromatic nitrogens is 1. The molecule has 5 nitrogen and oxygen atoms in total. The Labute approximate surface area is 117 Å². The van der Waals surface area contributed by atoms with E-state index in [1.54, 1.807) is 0 Å². The van der Waals surface area contributed by atoms with Gasteiger partial charge in [0, 0.05) is 5.56 Å². The van der Waals surface area contributed by atoms with Crippen molar-refractivity contribution < 1.29 is 18.8 Å². The molecule has 0 atom stereocenters. The normalized spacial score (nSPS) is 10.3. The van der Waals surface area contributed by atoms with E-state index in [2.05, 4.69) is 9.89 Å². The number of esters is 1. The Morgan fingerprint density at radius 3 is 2.70 bits per heavy atom. The summed E-state index contributed by atoms with van der Waals surface area (Å²) in [7, 11) is 1.37. The van der Waals surface area contributed by atoms with Gasteiger partial charge in [-0.15, -0.1) is 0 Å². The van der Waals surface area contributed by atoms with Crippen LogP contribution < -0.4 is 4.74 Å². The molecule has 0 saturated carbocycles. The van der Waals surface area contributed by atoms with E-state index in [-0.39, 0.29) is 12.4 Å². The van der Waals surface area contributed by atoms with Crippen LogP contribution in [0.4, 0.5) is 0 Å². The molecule has 0 saturated heterocycles. The van der Waals surface area contributed by atoms with Crippen LogP contribution >= 0.6 is 0 Å². The van der Waals surface area contributed by atoms with Gasteiger partial charge in [-0.05, 0) is 19.9 Å². The summed E-state index contributed by atoms with van der Waals surface area (Å²) in [5.41, 5.74) is 2.54. The molecule has 0 unspecified atom stereocenters. The van der Waals surface area contributed by atoms with Crippen molar-refractivity contribution in [3.8, 4) is 5.75 Å². The van der Waals surface area contributed by atoms with E-state index in [1.807, 2.05) is 38.1 Å². The number of hydrogen-bond donors (Lipinski definition) is 0. The number of carbonyl (C=O) groups is 1. The van der Waals surface area contributed by atoms with Crippen molar-refractivity contribution in [2.45, 2.75) is 26.9 Å². The Morgan fingerprint density at radius 2 is 2.05 bits per heavy atom. The van der Waals surface area contributed by atoms with Gasteiger partial charge >= 0.3 is 5.97 Å². The Hall–Kier alpha value is -2.30. The summed E-state index contributed by atoms with van der Waals surface area (Å²) in [6, 6.07) is 7.40. The summed E-state index contributed by atoms with van der Waals surface area (Å²) >= 11 is 0. The average molecular weight is 275 g/mol. The van der Waals surface area contributed by atoms with Gasteiger partial charge in [-0.2, -0.15) is 0 Å². The van der Waals surface area contributed by atoms with Gasteiger partial charge in [0.15, 0.2) is 0 Å². The second kappa shape index (κ2) is 6.23. The number of carbonyl (C=O) groups excluding carboxylic acids is 1. The number of nitrogens with zero attached hydrogens (tertiary/aromatic N) is 1. The lowest BCUT2D eigenvalue weighted by atomic mass is 10.1. The fourth-order valence-corrected chi connectivity index (χ4v) is 1.88. The molecule has 5 heteroatoms. The van der Waals surface area contributed by atoms with Gasteiger partial charge in [-0.25, -0.2) is 0 Å². The fourth-order valence-electron chi connectivity index (χ4n) is 1.88. The molecule has 0 aliphatic rings. The smallest absolute Gasteiger partial charge is 0.310 e. The molecule has 2 aromatic rings. The van der Waals surface area contributed by atoms with Crippen LogP contribution in [0.5, 0.6) is 5.75 Å². The highest BCUT2D eigenvalue weighted by molar-refractivity contribution is 5.73. The zero-order chi connectivity index (χ0) is 14.5. The van der Waals surface area contributed by atoms with Crippen molar-refractivity contribution in [2.24, 2.45) is 0 Å². The Bertz CT molecular complexity index is 584. The molecular weight excluding hydrogens is 258 g/mol. The summed E-state index contributed by atoms with van der Waals surface area (Å²) in [5.74, 6) is 1.12. The third kappa shape index (κ3) is 3.17. The molecule has 2 rings (SSSR count). The molecule has 20 heavy (non-hydrogen) atoms. The van der Waals surface area contributed by atoms with E-state index in [0.29, 0.717) is 12.4 Å². The fraction of sp³-hybridized carbons (Fsp3) is 0.333. The van der Waals surface area contributed by atoms with Crippen LogP contribution in [0.15, 0.2) is 28.8 Å². The molecular formula is C15H17NO4. The molecule has 0 N–H and O–H groups in total. The number of para-hydroxylation sites is 1. The van der Waals surface area contributed by atoms with Gasteiger partial charge in [0.05, 0.1) is 24.8 Å². The van der Waals surface area contributed by atoms with Crippen molar-refractivity contribution >= 4 is 5.97 Å². The maximum Gasteiger partial charge on any atom is 0.310 e. The monoisotopic (exact) mass is 275 g/mol. The summed E-state index contributed by atoms with van der Waals surface area (Å²) in [6.07, 6.45) is 0.189. The van der Waals surface area contributed by atoms with E-state index in [1.165, 1.54) is 7.11 Å². The van der Waals surface area contributed by atoms with E-state index < -0.39 is 0 Å². The predicted molar refractivity (Wildman–Crippen MR) is 72.5 cm³/mol. The standard InChI is InChI=1S/C15H17NO4/c1-10-13(11(2)20-16-10)9-19-14-7-5-4-6-12(14)8-15(17)18-3/h4-7H,8-9H2,1-3H3. The van der Waals surface area contributed by atoms with E-state index in [0.717, 1.165) is 22.6 Å². The van der Waals surface area contributed by atoms with E-state index in [4.69, 9.17) is 9.26 Å². The molecule has 0 aliphatic heterocycles. The highest BCUT2D eigenvalue weighted by atomic mass is 16.5. The third-order valence-electron chi connectivity index (χ3n) is 3.09. The molecule has 106 valence electrons. The second-order valence-corrected chi connectivity index (χ2v) is 4.45.